The van der Waals surface area contributed by atoms with Crippen molar-refractivity contribution in [2.45, 2.75) is 34.6 Å². The molecule has 0 heterocycles. The van der Waals surface area contributed by atoms with Gasteiger partial charge < -0.3 is 23.7 Å². The molecule has 9 heteroatoms. The Morgan fingerprint density at radius 1 is 0.700 bits per heavy atom. The van der Waals surface area contributed by atoms with Crippen LogP contribution in [0.1, 0.15) is 40.2 Å². The number of hydrogen-bond donors (Lipinski definition) is 0. The number of rotatable bonds is 12. The zero-order valence-electron chi connectivity index (χ0n) is 23.2. The van der Waals surface area contributed by atoms with Gasteiger partial charge in [-0.2, -0.15) is 0 Å². The maximum absolute atomic E-state index is 12.1. The third-order valence-corrected chi connectivity index (χ3v) is 4.87. The summed E-state index contributed by atoms with van der Waals surface area (Å²) in [5, 5.41) is 0. The fourth-order valence-electron chi connectivity index (χ4n) is 2.66. The first-order chi connectivity index (χ1) is 18.8. The topological polar surface area (TPSA) is 114 Å². The molecule has 0 bridgehead atoms. The van der Waals surface area contributed by atoms with E-state index in [0.29, 0.717) is 5.56 Å². The molecule has 210 valence electrons. The van der Waals surface area contributed by atoms with Crippen LogP contribution in [0, 0.1) is 5.92 Å². The smallest absolute Gasteiger partial charge is 0.338 e. The lowest BCUT2D eigenvalue weighted by atomic mass is 10.2. The predicted octanol–water partition coefficient (Wildman–Crippen LogP) is 5.78. The molecule has 2 rings (SSSR count). The summed E-state index contributed by atoms with van der Waals surface area (Å²) in [6.45, 7) is 18.6. The Kier molecular flexibility index (Phi) is 11.2. The molecule has 9 nitrogen and oxygen atoms in total. The summed E-state index contributed by atoms with van der Waals surface area (Å²) in [6.07, 6.45) is 3.34. The minimum Gasteiger partial charge on any atom is -0.486 e. The van der Waals surface area contributed by atoms with Crippen molar-refractivity contribution in [3.8, 4) is 28.7 Å². The Bertz CT molecular complexity index is 1380. The van der Waals surface area contributed by atoms with Crippen molar-refractivity contribution in [1.82, 2.24) is 0 Å². The van der Waals surface area contributed by atoms with E-state index in [0.717, 1.165) is 0 Å². The Labute approximate surface area is 233 Å². The molecule has 0 saturated heterocycles. The van der Waals surface area contributed by atoms with E-state index in [4.69, 9.17) is 23.7 Å². The van der Waals surface area contributed by atoms with Crippen LogP contribution in [0.4, 0.5) is 0 Å². The van der Waals surface area contributed by atoms with Gasteiger partial charge in [0.2, 0.25) is 0 Å². The molecule has 0 aliphatic heterocycles. The highest BCUT2D eigenvalue weighted by atomic mass is 16.6. The van der Waals surface area contributed by atoms with Gasteiger partial charge in [-0.15, -0.1) is 0 Å². The van der Waals surface area contributed by atoms with E-state index in [2.05, 4.69) is 19.7 Å². The highest BCUT2D eigenvalue weighted by Gasteiger charge is 2.17. The van der Waals surface area contributed by atoms with E-state index in [9.17, 15) is 19.2 Å². The van der Waals surface area contributed by atoms with Gasteiger partial charge in [-0.3, -0.25) is 4.79 Å². The molecule has 0 spiro atoms. The molecule has 0 unspecified atom stereocenters. The van der Waals surface area contributed by atoms with Crippen molar-refractivity contribution in [2.75, 3.05) is 6.61 Å². The van der Waals surface area contributed by atoms with Gasteiger partial charge in [-0.1, -0.05) is 45.7 Å². The average molecular weight is 549 g/mol. The molecular formula is C31H32O9. The second kappa shape index (κ2) is 14.3. The molecule has 0 radical (unpaired) electrons. The summed E-state index contributed by atoms with van der Waals surface area (Å²) in [5.41, 5.74) is 1.13. The van der Waals surface area contributed by atoms with E-state index in [-0.39, 0.29) is 58.0 Å². The largest absolute Gasteiger partial charge is 0.486 e. The first-order valence-corrected chi connectivity index (χ1v) is 12.2. The van der Waals surface area contributed by atoms with Gasteiger partial charge in [-0.25, -0.2) is 14.4 Å². The standard InChI is InChI=1S/C31H32O9/c1-18(2)28(32)37-23-12-14-24(27(17-23)40-31(35)21(7)8)36-15-9-10-22-11-13-25(38-29(33)19(3)4)26(16-22)39-30(34)20(5)6/h9-14,16-18H,3,5,7,15H2,1-2,4,6,8H3/b10-9+. The van der Waals surface area contributed by atoms with Gasteiger partial charge in [0.15, 0.2) is 23.0 Å². The number of ether oxygens (including phenoxy) is 5. The maximum Gasteiger partial charge on any atom is 0.338 e. The fourth-order valence-corrected chi connectivity index (χ4v) is 2.66. The lowest BCUT2D eigenvalue weighted by Crippen LogP contribution is -2.15. The van der Waals surface area contributed by atoms with Crippen molar-refractivity contribution in [3.63, 3.8) is 0 Å². The lowest BCUT2D eigenvalue weighted by Gasteiger charge is -2.13. The van der Waals surface area contributed by atoms with Crippen molar-refractivity contribution in [2.24, 2.45) is 5.92 Å². The van der Waals surface area contributed by atoms with Crippen molar-refractivity contribution >= 4 is 30.0 Å². The Balaban J connectivity index is 2.24. The van der Waals surface area contributed by atoms with Crippen LogP contribution in [0.15, 0.2) is 78.9 Å². The number of hydrogen-bond acceptors (Lipinski definition) is 9. The third-order valence-electron chi connectivity index (χ3n) is 4.87. The quantitative estimate of drug-likeness (QED) is 0.185. The van der Waals surface area contributed by atoms with Gasteiger partial charge in [0.25, 0.3) is 0 Å². The van der Waals surface area contributed by atoms with Crippen molar-refractivity contribution in [1.29, 1.82) is 0 Å². The highest BCUT2D eigenvalue weighted by Crippen LogP contribution is 2.33. The summed E-state index contributed by atoms with van der Waals surface area (Å²) in [7, 11) is 0. The Morgan fingerprint density at radius 2 is 1.20 bits per heavy atom. The summed E-state index contributed by atoms with van der Waals surface area (Å²) >= 11 is 0. The fraction of sp³-hybridized carbons (Fsp3) is 0.226. The molecule has 0 fully saturated rings. The highest BCUT2D eigenvalue weighted by molar-refractivity contribution is 5.91. The Hall–Kier alpha value is -4.92. The normalized spacial score (nSPS) is 10.6. The van der Waals surface area contributed by atoms with E-state index in [1.165, 1.54) is 51.1 Å². The van der Waals surface area contributed by atoms with Crippen LogP contribution in [-0.2, 0) is 19.2 Å². The molecule has 2 aromatic carbocycles. The zero-order chi connectivity index (χ0) is 30.0. The van der Waals surface area contributed by atoms with E-state index < -0.39 is 23.9 Å². The average Bonchev–Trinajstić information content (AvgIpc) is 2.88. The summed E-state index contributed by atoms with van der Waals surface area (Å²) in [6, 6.07) is 9.05. The predicted molar refractivity (Wildman–Crippen MR) is 149 cm³/mol. The van der Waals surface area contributed by atoms with E-state index in [1.54, 1.807) is 32.1 Å². The van der Waals surface area contributed by atoms with Crippen LogP contribution < -0.4 is 23.7 Å². The van der Waals surface area contributed by atoms with Crippen molar-refractivity contribution in [3.05, 3.63) is 84.5 Å². The summed E-state index contributed by atoms with van der Waals surface area (Å²) < 4.78 is 27.0. The first kappa shape index (κ1) is 31.3. The molecule has 0 N–H and O–H groups in total. The van der Waals surface area contributed by atoms with Crippen molar-refractivity contribution < 1.29 is 42.9 Å². The van der Waals surface area contributed by atoms with Crippen LogP contribution >= 0.6 is 0 Å². The number of carbonyl (C=O) groups is 4. The molecule has 0 aliphatic carbocycles. The van der Waals surface area contributed by atoms with E-state index >= 15 is 0 Å². The van der Waals surface area contributed by atoms with Gasteiger partial charge in [0.1, 0.15) is 12.4 Å². The number of carbonyl (C=O) groups excluding carboxylic acids is 4. The minimum atomic E-state index is -0.684. The molecule has 0 aromatic heterocycles. The van der Waals surface area contributed by atoms with Crippen LogP contribution in [0.2, 0.25) is 0 Å². The number of esters is 4. The van der Waals surface area contributed by atoms with Gasteiger partial charge in [0.05, 0.1) is 5.92 Å². The monoisotopic (exact) mass is 548 g/mol. The second-order valence-corrected chi connectivity index (χ2v) is 9.11. The summed E-state index contributed by atoms with van der Waals surface area (Å²) in [4.78, 5) is 48.2. The molecule has 0 amide bonds. The molecule has 0 atom stereocenters. The first-order valence-electron chi connectivity index (χ1n) is 12.2. The van der Waals surface area contributed by atoms with Crippen LogP contribution in [0.5, 0.6) is 28.7 Å². The van der Waals surface area contributed by atoms with Gasteiger partial charge in [0, 0.05) is 22.8 Å². The maximum atomic E-state index is 12.1. The van der Waals surface area contributed by atoms with Crippen LogP contribution in [0.3, 0.4) is 0 Å². The third kappa shape index (κ3) is 9.43. The molecule has 0 aliphatic rings. The molecule has 0 saturated carbocycles. The van der Waals surface area contributed by atoms with E-state index in [1.807, 2.05) is 0 Å². The van der Waals surface area contributed by atoms with Gasteiger partial charge in [-0.05, 0) is 56.7 Å². The van der Waals surface area contributed by atoms with Gasteiger partial charge >= 0.3 is 23.9 Å². The lowest BCUT2D eigenvalue weighted by molar-refractivity contribution is -0.137. The molecule has 2 aromatic rings. The molecule has 40 heavy (non-hydrogen) atoms. The van der Waals surface area contributed by atoms with Crippen LogP contribution in [-0.4, -0.2) is 30.5 Å². The number of benzene rings is 2. The Morgan fingerprint density at radius 3 is 1.73 bits per heavy atom. The zero-order valence-corrected chi connectivity index (χ0v) is 23.2. The second-order valence-electron chi connectivity index (χ2n) is 9.11. The van der Waals surface area contributed by atoms with Crippen LogP contribution in [0.25, 0.3) is 6.08 Å². The minimum absolute atomic E-state index is 0.0196. The SMILES string of the molecule is C=C(C)C(=O)Oc1cc(OC(=O)C(C)C)ccc1OC/C=C/c1ccc(OC(=O)C(=C)C)c(OC(=O)C(=C)C)c1. The summed E-state index contributed by atoms with van der Waals surface area (Å²) in [5.74, 6) is -2.29. The molecular weight excluding hydrogens is 516 g/mol.